The molecule has 2 aromatic rings. The molecule has 0 radical (unpaired) electrons. The summed E-state index contributed by atoms with van der Waals surface area (Å²) in [6, 6.07) is 6.17. The molecule has 0 aliphatic carbocycles. The number of aryl methyl sites for hydroxylation is 2. The first-order chi connectivity index (χ1) is 8.49. The van der Waals surface area contributed by atoms with Crippen LogP contribution in [0.25, 0.3) is 0 Å². The maximum absolute atomic E-state index is 6.20. The second kappa shape index (κ2) is 5.79. The first kappa shape index (κ1) is 14.1. The number of nitrogens with one attached hydrogen (secondary N) is 1. The molecule has 1 heterocycles. The van der Waals surface area contributed by atoms with E-state index in [4.69, 9.17) is 11.6 Å². The van der Waals surface area contributed by atoms with Crippen LogP contribution in [0.3, 0.4) is 0 Å². The SMILES string of the molecule is Cc1nn(C)c(Cl)c1CNc1cc(I)ccc1Br. The van der Waals surface area contributed by atoms with Crippen LogP contribution >= 0.6 is 50.1 Å². The van der Waals surface area contributed by atoms with Crippen LogP contribution in [0, 0.1) is 10.5 Å². The van der Waals surface area contributed by atoms with E-state index in [2.05, 4.69) is 61.1 Å². The van der Waals surface area contributed by atoms with Crippen LogP contribution in [0.4, 0.5) is 5.69 Å². The average Bonchev–Trinajstić information content (AvgIpc) is 2.55. The number of benzene rings is 1. The van der Waals surface area contributed by atoms with Gasteiger partial charge in [0.2, 0.25) is 0 Å². The highest BCUT2D eigenvalue weighted by Gasteiger charge is 2.11. The second-order valence-electron chi connectivity index (χ2n) is 3.96. The van der Waals surface area contributed by atoms with Crippen LogP contribution in [-0.2, 0) is 13.6 Å². The van der Waals surface area contributed by atoms with Gasteiger partial charge in [0.25, 0.3) is 0 Å². The molecular formula is C12H12BrClIN3. The van der Waals surface area contributed by atoms with Crippen LogP contribution in [0.5, 0.6) is 0 Å². The Hall–Kier alpha value is -0.270. The third-order valence-electron chi connectivity index (χ3n) is 2.65. The molecule has 3 nitrogen and oxygen atoms in total. The summed E-state index contributed by atoms with van der Waals surface area (Å²) >= 11 is 12.0. The lowest BCUT2D eigenvalue weighted by Crippen LogP contribution is -2.01. The minimum atomic E-state index is 0.664. The fourth-order valence-electron chi connectivity index (χ4n) is 1.69. The van der Waals surface area contributed by atoms with E-state index in [1.54, 1.807) is 4.68 Å². The summed E-state index contributed by atoms with van der Waals surface area (Å²) in [6.07, 6.45) is 0. The molecule has 0 bridgehead atoms. The van der Waals surface area contributed by atoms with Crippen molar-refractivity contribution in [2.24, 2.45) is 7.05 Å². The Balaban J connectivity index is 2.19. The van der Waals surface area contributed by atoms with Gasteiger partial charge in [0, 0.05) is 32.9 Å². The van der Waals surface area contributed by atoms with Gasteiger partial charge in [-0.05, 0) is 63.6 Å². The number of nitrogens with zero attached hydrogens (tertiary/aromatic N) is 2. The van der Waals surface area contributed by atoms with E-state index in [1.807, 2.05) is 20.0 Å². The largest absolute Gasteiger partial charge is 0.380 e. The lowest BCUT2D eigenvalue weighted by Gasteiger charge is -2.09. The van der Waals surface area contributed by atoms with Crippen LogP contribution < -0.4 is 5.32 Å². The first-order valence-corrected chi connectivity index (χ1v) is 7.61. The molecule has 0 saturated heterocycles. The summed E-state index contributed by atoms with van der Waals surface area (Å²) in [7, 11) is 1.85. The highest BCUT2D eigenvalue weighted by atomic mass is 127. The van der Waals surface area contributed by atoms with Crippen molar-refractivity contribution in [2.75, 3.05) is 5.32 Å². The van der Waals surface area contributed by atoms with Gasteiger partial charge in [-0.25, -0.2) is 0 Å². The van der Waals surface area contributed by atoms with Crippen molar-refractivity contribution in [3.05, 3.63) is 42.7 Å². The lowest BCUT2D eigenvalue weighted by atomic mass is 10.2. The molecule has 0 unspecified atom stereocenters. The quantitative estimate of drug-likeness (QED) is 0.719. The fraction of sp³-hybridized carbons (Fsp3) is 0.250. The molecule has 0 aliphatic rings. The van der Waals surface area contributed by atoms with E-state index >= 15 is 0 Å². The van der Waals surface area contributed by atoms with E-state index in [0.29, 0.717) is 11.7 Å². The van der Waals surface area contributed by atoms with E-state index in [0.717, 1.165) is 21.4 Å². The molecule has 0 amide bonds. The normalized spacial score (nSPS) is 10.7. The molecule has 0 spiro atoms. The topological polar surface area (TPSA) is 29.9 Å². The Morgan fingerprint density at radius 2 is 2.22 bits per heavy atom. The number of halogens is 3. The third kappa shape index (κ3) is 3.00. The number of hydrogen-bond donors (Lipinski definition) is 1. The number of anilines is 1. The van der Waals surface area contributed by atoms with Crippen molar-refractivity contribution in [3.8, 4) is 0 Å². The summed E-state index contributed by atoms with van der Waals surface area (Å²) in [4.78, 5) is 0. The van der Waals surface area contributed by atoms with Crippen molar-refractivity contribution >= 4 is 55.8 Å². The Bertz CT molecular complexity index is 583. The average molecular weight is 441 g/mol. The summed E-state index contributed by atoms with van der Waals surface area (Å²) in [5, 5.41) is 8.35. The molecule has 1 aromatic carbocycles. The van der Waals surface area contributed by atoms with Crippen molar-refractivity contribution in [2.45, 2.75) is 13.5 Å². The minimum absolute atomic E-state index is 0.664. The third-order valence-corrected chi connectivity index (χ3v) is 4.49. The molecule has 2 rings (SSSR count). The van der Waals surface area contributed by atoms with Gasteiger partial charge >= 0.3 is 0 Å². The molecular weight excluding hydrogens is 428 g/mol. The number of rotatable bonds is 3. The monoisotopic (exact) mass is 439 g/mol. The Kier molecular flexibility index (Phi) is 4.55. The number of hydrogen-bond acceptors (Lipinski definition) is 2. The maximum atomic E-state index is 6.20. The zero-order valence-corrected chi connectivity index (χ0v) is 14.5. The summed E-state index contributed by atoms with van der Waals surface area (Å²) in [5.74, 6) is 0. The summed E-state index contributed by atoms with van der Waals surface area (Å²) in [5.41, 5.74) is 3.04. The fourth-order valence-corrected chi connectivity index (χ4v) is 2.81. The van der Waals surface area contributed by atoms with Gasteiger partial charge in [-0.3, -0.25) is 4.68 Å². The molecule has 0 atom stereocenters. The van der Waals surface area contributed by atoms with Gasteiger partial charge < -0.3 is 5.32 Å². The van der Waals surface area contributed by atoms with Crippen LogP contribution in [-0.4, -0.2) is 9.78 Å². The molecule has 0 fully saturated rings. The van der Waals surface area contributed by atoms with Crippen molar-refractivity contribution < 1.29 is 0 Å². The number of aromatic nitrogens is 2. The van der Waals surface area contributed by atoms with Crippen molar-refractivity contribution in [3.63, 3.8) is 0 Å². The minimum Gasteiger partial charge on any atom is -0.380 e. The van der Waals surface area contributed by atoms with Crippen molar-refractivity contribution in [1.82, 2.24) is 9.78 Å². The van der Waals surface area contributed by atoms with Crippen molar-refractivity contribution in [1.29, 1.82) is 0 Å². The highest BCUT2D eigenvalue weighted by Crippen LogP contribution is 2.26. The second-order valence-corrected chi connectivity index (χ2v) is 6.41. The summed E-state index contributed by atoms with van der Waals surface area (Å²) in [6.45, 7) is 2.63. The van der Waals surface area contributed by atoms with Gasteiger partial charge in [0.15, 0.2) is 0 Å². The van der Waals surface area contributed by atoms with E-state index in [-0.39, 0.29) is 0 Å². The molecule has 6 heteroatoms. The van der Waals surface area contributed by atoms with Crippen LogP contribution in [0.1, 0.15) is 11.3 Å². The molecule has 18 heavy (non-hydrogen) atoms. The van der Waals surface area contributed by atoms with E-state index in [9.17, 15) is 0 Å². The molecule has 0 aliphatic heterocycles. The zero-order chi connectivity index (χ0) is 13.3. The lowest BCUT2D eigenvalue weighted by molar-refractivity contribution is 0.757. The van der Waals surface area contributed by atoms with E-state index in [1.165, 1.54) is 3.57 Å². The Labute approximate surface area is 133 Å². The van der Waals surface area contributed by atoms with Gasteiger partial charge in [-0.1, -0.05) is 11.6 Å². The molecule has 0 saturated carbocycles. The molecule has 96 valence electrons. The predicted molar refractivity (Wildman–Crippen MR) is 87.1 cm³/mol. The first-order valence-electron chi connectivity index (χ1n) is 5.36. The van der Waals surface area contributed by atoms with Gasteiger partial charge in [-0.2, -0.15) is 5.10 Å². The smallest absolute Gasteiger partial charge is 0.131 e. The molecule has 1 N–H and O–H groups in total. The Morgan fingerprint density at radius 1 is 1.50 bits per heavy atom. The van der Waals surface area contributed by atoms with Crippen LogP contribution in [0.15, 0.2) is 22.7 Å². The predicted octanol–water partition coefficient (Wildman–Crippen LogP) is 4.36. The van der Waals surface area contributed by atoms with E-state index < -0.39 is 0 Å². The van der Waals surface area contributed by atoms with Gasteiger partial charge in [0.1, 0.15) is 5.15 Å². The molecule has 1 aromatic heterocycles. The van der Waals surface area contributed by atoms with Gasteiger partial charge in [-0.15, -0.1) is 0 Å². The van der Waals surface area contributed by atoms with Crippen LogP contribution in [0.2, 0.25) is 5.15 Å². The van der Waals surface area contributed by atoms with Gasteiger partial charge in [0.05, 0.1) is 5.69 Å². The standard InChI is InChI=1S/C12H12BrClIN3/c1-7-9(12(14)18(2)17-7)6-16-11-5-8(15)3-4-10(11)13/h3-5,16H,6H2,1-2H3. The highest BCUT2D eigenvalue weighted by molar-refractivity contribution is 14.1. The Morgan fingerprint density at radius 3 is 2.83 bits per heavy atom. The zero-order valence-electron chi connectivity index (χ0n) is 9.97. The summed E-state index contributed by atoms with van der Waals surface area (Å²) < 4.78 is 3.92. The maximum Gasteiger partial charge on any atom is 0.131 e.